The van der Waals surface area contributed by atoms with Crippen LogP contribution in [0.4, 0.5) is 0 Å². The van der Waals surface area contributed by atoms with Crippen molar-refractivity contribution in [3.05, 3.63) is 11.6 Å². The van der Waals surface area contributed by atoms with Gasteiger partial charge >= 0.3 is 5.97 Å². The van der Waals surface area contributed by atoms with Crippen LogP contribution in [0.25, 0.3) is 0 Å². The number of nitrogens with zero attached hydrogens (tertiary/aromatic N) is 3. The number of sulfone groups is 1. The summed E-state index contributed by atoms with van der Waals surface area (Å²) in [5, 5.41) is 7.52. The van der Waals surface area contributed by atoms with Gasteiger partial charge in [0.1, 0.15) is 15.7 Å². The zero-order valence-corrected chi connectivity index (χ0v) is 11.7. The van der Waals surface area contributed by atoms with Crippen LogP contribution in [-0.2, 0) is 14.6 Å². The molecule has 1 unspecified atom stereocenters. The van der Waals surface area contributed by atoms with Crippen LogP contribution in [0.5, 0.6) is 0 Å². The molecular weight excluding hydrogens is 258 g/mol. The first kappa shape index (κ1) is 14.6. The fraction of sp³-hybridized carbons (Fsp3) is 0.700. The van der Waals surface area contributed by atoms with Gasteiger partial charge in [-0.2, -0.15) is 0 Å². The summed E-state index contributed by atoms with van der Waals surface area (Å²) in [4.78, 5) is 11.7. The summed E-state index contributed by atoms with van der Waals surface area (Å²) in [5.41, 5.74) is 0. The summed E-state index contributed by atoms with van der Waals surface area (Å²) in [7, 11) is -3.15. The van der Waals surface area contributed by atoms with E-state index >= 15 is 0 Å². The van der Waals surface area contributed by atoms with Crippen molar-refractivity contribution < 1.29 is 17.9 Å². The van der Waals surface area contributed by atoms with Crippen LogP contribution in [0.2, 0.25) is 0 Å². The molecule has 0 bridgehead atoms. The third-order valence-corrected chi connectivity index (χ3v) is 3.40. The van der Waals surface area contributed by atoms with Crippen molar-refractivity contribution in [1.29, 1.82) is 0 Å². The van der Waals surface area contributed by atoms with Gasteiger partial charge in [0.2, 0.25) is 5.82 Å². The summed E-state index contributed by atoms with van der Waals surface area (Å²) >= 11 is 0. The molecule has 0 saturated heterocycles. The number of aryl methyl sites for hydroxylation is 1. The van der Waals surface area contributed by atoms with E-state index in [9.17, 15) is 13.2 Å². The topological polar surface area (TPSA) is 91.2 Å². The van der Waals surface area contributed by atoms with Gasteiger partial charge in [-0.05, 0) is 20.8 Å². The van der Waals surface area contributed by atoms with E-state index < -0.39 is 21.8 Å². The molecule has 0 amide bonds. The number of rotatable bonds is 5. The maximum Gasteiger partial charge on any atom is 0.376 e. The van der Waals surface area contributed by atoms with E-state index in [1.54, 1.807) is 20.8 Å². The number of hydrogen-bond acceptors (Lipinski definition) is 6. The van der Waals surface area contributed by atoms with Crippen molar-refractivity contribution in [2.75, 3.05) is 18.6 Å². The van der Waals surface area contributed by atoms with E-state index in [4.69, 9.17) is 4.74 Å². The van der Waals surface area contributed by atoms with Gasteiger partial charge in [0, 0.05) is 12.3 Å². The number of ether oxygens (including phenoxy) is 1. The Morgan fingerprint density at radius 2 is 2.06 bits per heavy atom. The maximum atomic E-state index is 11.7. The molecule has 0 aliphatic carbocycles. The second kappa shape index (κ2) is 5.47. The van der Waals surface area contributed by atoms with Crippen molar-refractivity contribution in [3.63, 3.8) is 0 Å². The van der Waals surface area contributed by atoms with E-state index in [0.29, 0.717) is 5.82 Å². The number of carbonyl (C=O) groups is 1. The molecule has 0 spiro atoms. The quantitative estimate of drug-likeness (QED) is 0.721. The lowest BCUT2D eigenvalue weighted by atomic mass is 10.3. The molecule has 18 heavy (non-hydrogen) atoms. The lowest BCUT2D eigenvalue weighted by Gasteiger charge is -2.15. The van der Waals surface area contributed by atoms with Crippen molar-refractivity contribution in [2.45, 2.75) is 26.8 Å². The number of carbonyl (C=O) groups excluding carboxylic acids is 1. The van der Waals surface area contributed by atoms with Crippen LogP contribution in [-0.4, -0.2) is 47.8 Å². The molecular formula is C10H17N3O4S. The zero-order chi connectivity index (χ0) is 13.9. The normalized spacial score (nSPS) is 13.3. The Labute approximate surface area is 106 Å². The molecule has 0 aromatic carbocycles. The molecule has 0 N–H and O–H groups in total. The van der Waals surface area contributed by atoms with E-state index in [-0.39, 0.29) is 18.2 Å². The highest BCUT2D eigenvalue weighted by Crippen LogP contribution is 2.14. The lowest BCUT2D eigenvalue weighted by molar-refractivity contribution is 0.0503. The Balaban J connectivity index is 3.08. The largest absolute Gasteiger partial charge is 0.460 e. The highest BCUT2D eigenvalue weighted by Gasteiger charge is 2.23. The average molecular weight is 275 g/mol. The lowest BCUT2D eigenvalue weighted by Crippen LogP contribution is -2.22. The average Bonchev–Trinajstić information content (AvgIpc) is 2.58. The third-order valence-electron chi connectivity index (χ3n) is 2.31. The van der Waals surface area contributed by atoms with Crippen LogP contribution in [0, 0.1) is 6.92 Å². The zero-order valence-electron chi connectivity index (χ0n) is 10.9. The first-order valence-corrected chi connectivity index (χ1v) is 7.58. The molecule has 0 radical (unpaired) electrons. The molecule has 1 heterocycles. The van der Waals surface area contributed by atoms with Crippen LogP contribution in [0.15, 0.2) is 0 Å². The Morgan fingerprint density at radius 1 is 1.44 bits per heavy atom. The standard InChI is InChI=1S/C10H17N3O4S/c1-5-17-10(14)9-12-11-8(3)13(9)7(2)6-18(4,15)16/h7H,5-6H2,1-4H3. The molecule has 1 rings (SSSR count). The van der Waals surface area contributed by atoms with Gasteiger partial charge in [-0.1, -0.05) is 0 Å². The Hall–Kier alpha value is -1.44. The van der Waals surface area contributed by atoms with E-state index in [1.807, 2.05) is 0 Å². The summed E-state index contributed by atoms with van der Waals surface area (Å²) in [6, 6.07) is -0.422. The number of aromatic nitrogens is 3. The van der Waals surface area contributed by atoms with Gasteiger partial charge in [-0.15, -0.1) is 10.2 Å². The Bertz CT molecular complexity index is 535. The van der Waals surface area contributed by atoms with Gasteiger partial charge in [0.15, 0.2) is 0 Å². The molecule has 0 fully saturated rings. The molecule has 0 saturated carbocycles. The molecule has 1 aromatic rings. The first-order chi connectivity index (χ1) is 8.26. The van der Waals surface area contributed by atoms with Gasteiger partial charge in [0.05, 0.1) is 12.4 Å². The predicted molar refractivity (Wildman–Crippen MR) is 65.1 cm³/mol. The predicted octanol–water partition coefficient (Wildman–Crippen LogP) is 0.369. The summed E-state index contributed by atoms with van der Waals surface area (Å²) in [5.74, 6) is -0.170. The number of esters is 1. The van der Waals surface area contributed by atoms with Crippen molar-refractivity contribution in [3.8, 4) is 0 Å². The smallest absolute Gasteiger partial charge is 0.376 e. The van der Waals surface area contributed by atoms with Gasteiger partial charge in [0.25, 0.3) is 0 Å². The van der Waals surface area contributed by atoms with Crippen LogP contribution in [0.1, 0.15) is 36.3 Å². The molecule has 7 nitrogen and oxygen atoms in total. The monoisotopic (exact) mass is 275 g/mol. The van der Waals surface area contributed by atoms with E-state index in [1.165, 1.54) is 4.57 Å². The molecule has 0 aliphatic heterocycles. The Kier molecular flexibility index (Phi) is 4.44. The molecule has 1 atom stereocenters. The van der Waals surface area contributed by atoms with Crippen molar-refractivity contribution >= 4 is 15.8 Å². The van der Waals surface area contributed by atoms with Crippen LogP contribution in [0.3, 0.4) is 0 Å². The van der Waals surface area contributed by atoms with Gasteiger partial charge < -0.3 is 9.30 Å². The van der Waals surface area contributed by atoms with Crippen molar-refractivity contribution in [2.24, 2.45) is 0 Å². The van der Waals surface area contributed by atoms with Crippen LogP contribution >= 0.6 is 0 Å². The third kappa shape index (κ3) is 3.52. The Morgan fingerprint density at radius 3 is 2.56 bits per heavy atom. The van der Waals surface area contributed by atoms with Gasteiger partial charge in [-0.25, -0.2) is 13.2 Å². The fourth-order valence-corrected chi connectivity index (χ4v) is 2.77. The highest BCUT2D eigenvalue weighted by molar-refractivity contribution is 7.90. The summed E-state index contributed by atoms with van der Waals surface area (Å²) in [6.07, 6.45) is 1.15. The molecule has 0 aliphatic rings. The summed E-state index contributed by atoms with van der Waals surface area (Å²) < 4.78 is 28.9. The minimum Gasteiger partial charge on any atom is -0.460 e. The van der Waals surface area contributed by atoms with E-state index in [2.05, 4.69) is 10.2 Å². The van der Waals surface area contributed by atoms with Gasteiger partial charge in [-0.3, -0.25) is 0 Å². The highest BCUT2D eigenvalue weighted by atomic mass is 32.2. The molecule has 8 heteroatoms. The maximum absolute atomic E-state index is 11.7. The SMILES string of the molecule is CCOC(=O)c1nnc(C)n1C(C)CS(C)(=O)=O. The second-order valence-electron chi connectivity index (χ2n) is 4.10. The van der Waals surface area contributed by atoms with Crippen LogP contribution < -0.4 is 0 Å². The minimum absolute atomic E-state index is 0.0329. The minimum atomic E-state index is -3.15. The fourth-order valence-electron chi connectivity index (χ4n) is 1.74. The van der Waals surface area contributed by atoms with E-state index in [0.717, 1.165) is 6.26 Å². The first-order valence-electron chi connectivity index (χ1n) is 5.52. The molecule has 102 valence electrons. The summed E-state index contributed by atoms with van der Waals surface area (Å²) in [6.45, 7) is 5.27. The second-order valence-corrected chi connectivity index (χ2v) is 6.29. The van der Waals surface area contributed by atoms with Crippen molar-refractivity contribution in [1.82, 2.24) is 14.8 Å². The number of hydrogen-bond donors (Lipinski definition) is 0. The molecule has 1 aromatic heterocycles.